The molecule has 0 amide bonds. The lowest BCUT2D eigenvalue weighted by Crippen LogP contribution is -2.15. The van der Waals surface area contributed by atoms with E-state index in [1.165, 1.54) is 33.7 Å². The second-order valence-electron chi connectivity index (χ2n) is 6.06. The molecule has 0 N–H and O–H groups in total. The summed E-state index contributed by atoms with van der Waals surface area (Å²) in [5, 5.41) is 14.6. The number of rotatable bonds is 5. The summed E-state index contributed by atoms with van der Waals surface area (Å²) < 4.78 is 3.44. The van der Waals surface area contributed by atoms with Crippen LogP contribution in [-0.4, -0.2) is 29.4 Å². The third-order valence-corrected chi connectivity index (χ3v) is 5.99. The maximum absolute atomic E-state index is 12.2. The molecule has 0 fully saturated rings. The fraction of sp³-hybridized carbons (Fsp3) is 0.278. The number of aryl methyl sites for hydroxylation is 2. The van der Waals surface area contributed by atoms with Gasteiger partial charge in [0.2, 0.25) is 4.96 Å². The molecule has 3 heterocycles. The summed E-state index contributed by atoms with van der Waals surface area (Å²) in [4.78, 5) is 17.4. The van der Waals surface area contributed by atoms with Crippen LogP contribution in [0, 0.1) is 13.8 Å². The van der Waals surface area contributed by atoms with Gasteiger partial charge in [-0.2, -0.15) is 9.61 Å². The van der Waals surface area contributed by atoms with Crippen molar-refractivity contribution < 1.29 is 0 Å². The Kier molecular flexibility index (Phi) is 4.79. The quantitative estimate of drug-likeness (QED) is 0.480. The summed E-state index contributed by atoms with van der Waals surface area (Å²) in [5.41, 5.74) is 2.81. The van der Waals surface area contributed by atoms with Gasteiger partial charge in [-0.05, 0) is 26.3 Å². The molecule has 0 aliphatic carbocycles. The highest BCUT2D eigenvalue weighted by molar-refractivity contribution is 7.98. The van der Waals surface area contributed by atoms with E-state index in [0.717, 1.165) is 39.4 Å². The third kappa shape index (κ3) is 3.40. The second kappa shape index (κ2) is 7.24. The van der Waals surface area contributed by atoms with Gasteiger partial charge in [0.25, 0.3) is 5.56 Å². The Morgan fingerprint density at radius 1 is 1.19 bits per heavy atom. The van der Waals surface area contributed by atoms with Crippen LogP contribution in [0.25, 0.3) is 16.3 Å². The normalized spacial score (nSPS) is 11.4. The average molecular weight is 399 g/mol. The van der Waals surface area contributed by atoms with Crippen molar-refractivity contribution in [2.75, 3.05) is 0 Å². The molecule has 0 atom stereocenters. The monoisotopic (exact) mass is 398 g/mol. The van der Waals surface area contributed by atoms with Crippen molar-refractivity contribution >= 4 is 28.1 Å². The predicted molar refractivity (Wildman–Crippen MR) is 107 cm³/mol. The van der Waals surface area contributed by atoms with E-state index in [4.69, 9.17) is 0 Å². The molecule has 0 bridgehead atoms. The number of nitrogens with zero attached hydrogens (tertiary/aromatic N) is 6. The van der Waals surface area contributed by atoms with Gasteiger partial charge in [0.05, 0.1) is 5.69 Å². The number of hydrogen-bond donors (Lipinski definition) is 0. The summed E-state index contributed by atoms with van der Waals surface area (Å²) >= 11 is 2.94. The maximum Gasteiger partial charge on any atom is 0.275 e. The smallest absolute Gasteiger partial charge is 0.275 e. The molecule has 0 saturated heterocycles. The maximum atomic E-state index is 12.2. The van der Waals surface area contributed by atoms with E-state index < -0.39 is 0 Å². The van der Waals surface area contributed by atoms with E-state index in [9.17, 15) is 4.79 Å². The van der Waals surface area contributed by atoms with Crippen LogP contribution in [0.1, 0.15) is 23.2 Å². The molecule has 0 aliphatic rings. The van der Waals surface area contributed by atoms with Crippen LogP contribution in [0.15, 0.2) is 40.3 Å². The van der Waals surface area contributed by atoms with Gasteiger partial charge < -0.3 is 4.57 Å². The predicted octanol–water partition coefficient (Wildman–Crippen LogP) is 3.34. The van der Waals surface area contributed by atoms with Crippen molar-refractivity contribution in [2.45, 2.75) is 38.2 Å². The van der Waals surface area contributed by atoms with E-state index in [0.29, 0.717) is 10.7 Å². The lowest BCUT2D eigenvalue weighted by molar-refractivity contribution is 0.687. The third-order valence-electron chi connectivity index (χ3n) is 4.17. The van der Waals surface area contributed by atoms with Crippen LogP contribution in [0.2, 0.25) is 0 Å². The molecule has 9 heteroatoms. The summed E-state index contributed by atoms with van der Waals surface area (Å²) in [7, 11) is 0. The number of hydrogen-bond acceptors (Lipinski definition) is 7. The first-order valence-corrected chi connectivity index (χ1v) is 10.4. The largest absolute Gasteiger partial charge is 0.302 e. The van der Waals surface area contributed by atoms with Crippen molar-refractivity contribution in [3.05, 3.63) is 57.0 Å². The fourth-order valence-corrected chi connectivity index (χ4v) is 4.53. The van der Waals surface area contributed by atoms with Gasteiger partial charge in [0, 0.05) is 23.9 Å². The average Bonchev–Trinajstić information content (AvgIpc) is 3.23. The number of fused-ring (bicyclic) bond motifs is 1. The summed E-state index contributed by atoms with van der Waals surface area (Å²) in [6.07, 6.45) is 0. The van der Waals surface area contributed by atoms with Gasteiger partial charge in [0.1, 0.15) is 5.01 Å². The minimum absolute atomic E-state index is 0.155. The van der Waals surface area contributed by atoms with Gasteiger partial charge in [0.15, 0.2) is 11.0 Å². The minimum Gasteiger partial charge on any atom is -0.302 e. The minimum atomic E-state index is -0.155. The Labute approximate surface area is 164 Å². The molecule has 0 aliphatic heterocycles. The number of benzene rings is 1. The van der Waals surface area contributed by atoms with Crippen molar-refractivity contribution in [3.8, 4) is 11.4 Å². The lowest BCUT2D eigenvalue weighted by atomic mass is 10.1. The van der Waals surface area contributed by atoms with Crippen LogP contribution in [0.4, 0.5) is 0 Å². The highest BCUT2D eigenvalue weighted by Gasteiger charge is 2.15. The second-order valence-corrected chi connectivity index (χ2v) is 8.16. The molecule has 138 valence electrons. The van der Waals surface area contributed by atoms with Gasteiger partial charge in [-0.3, -0.25) is 4.79 Å². The lowest BCUT2D eigenvalue weighted by Gasteiger charge is -2.09. The molecular weight excluding hydrogens is 380 g/mol. The van der Waals surface area contributed by atoms with E-state index in [-0.39, 0.29) is 5.56 Å². The van der Waals surface area contributed by atoms with E-state index in [1.807, 2.05) is 19.1 Å². The molecule has 7 nitrogen and oxygen atoms in total. The Hall–Kier alpha value is -2.52. The SMILES string of the molecule is CCn1c(SCc2cc(=O)n3nc(C)sc3n2)nnc1-c1ccccc1C. The molecule has 27 heavy (non-hydrogen) atoms. The van der Waals surface area contributed by atoms with Crippen LogP contribution < -0.4 is 5.56 Å². The summed E-state index contributed by atoms with van der Waals surface area (Å²) in [6.45, 7) is 6.78. The molecule has 0 spiro atoms. The van der Waals surface area contributed by atoms with E-state index in [2.05, 4.69) is 50.8 Å². The molecule has 4 aromatic rings. The summed E-state index contributed by atoms with van der Waals surface area (Å²) in [5.74, 6) is 1.41. The topological polar surface area (TPSA) is 78.0 Å². The van der Waals surface area contributed by atoms with Crippen LogP contribution in [-0.2, 0) is 12.3 Å². The molecule has 0 radical (unpaired) electrons. The van der Waals surface area contributed by atoms with Gasteiger partial charge in [-0.1, -0.05) is 47.4 Å². The first-order valence-electron chi connectivity index (χ1n) is 8.55. The van der Waals surface area contributed by atoms with Gasteiger partial charge >= 0.3 is 0 Å². The molecule has 0 saturated carbocycles. The number of aromatic nitrogens is 6. The zero-order valence-corrected chi connectivity index (χ0v) is 16.8. The van der Waals surface area contributed by atoms with Crippen molar-refractivity contribution in [1.82, 2.24) is 29.4 Å². The van der Waals surface area contributed by atoms with Crippen molar-refractivity contribution in [1.29, 1.82) is 0 Å². The fourth-order valence-electron chi connectivity index (χ4n) is 2.87. The molecule has 4 rings (SSSR count). The van der Waals surface area contributed by atoms with E-state index >= 15 is 0 Å². The van der Waals surface area contributed by atoms with Crippen molar-refractivity contribution in [3.63, 3.8) is 0 Å². The molecule has 1 aromatic carbocycles. The number of thioether (sulfide) groups is 1. The molecule has 3 aromatic heterocycles. The Bertz CT molecular complexity index is 1180. The Balaban J connectivity index is 1.62. The van der Waals surface area contributed by atoms with Crippen LogP contribution in [0.3, 0.4) is 0 Å². The Morgan fingerprint density at radius 3 is 2.78 bits per heavy atom. The van der Waals surface area contributed by atoms with Gasteiger partial charge in [-0.25, -0.2) is 4.98 Å². The molecule has 0 unspecified atom stereocenters. The van der Waals surface area contributed by atoms with Crippen LogP contribution in [0.5, 0.6) is 0 Å². The molecular formula is C18H18N6OS2. The Morgan fingerprint density at radius 2 is 2.00 bits per heavy atom. The first-order chi connectivity index (χ1) is 13.1. The first kappa shape index (κ1) is 17.9. The van der Waals surface area contributed by atoms with E-state index in [1.54, 1.807) is 0 Å². The standard InChI is InChI=1S/C18H18N6OS2/c1-4-23-16(14-8-6-5-7-11(14)2)20-21-18(23)26-10-13-9-15(25)24-17(19-13)27-12(3)22-24/h5-9H,4,10H2,1-3H3. The summed E-state index contributed by atoms with van der Waals surface area (Å²) in [6, 6.07) is 9.69. The highest BCUT2D eigenvalue weighted by Crippen LogP contribution is 2.27. The highest BCUT2D eigenvalue weighted by atomic mass is 32.2. The van der Waals surface area contributed by atoms with Gasteiger partial charge in [-0.15, -0.1) is 10.2 Å². The zero-order valence-electron chi connectivity index (χ0n) is 15.2. The van der Waals surface area contributed by atoms with Crippen LogP contribution >= 0.6 is 23.1 Å². The van der Waals surface area contributed by atoms with Crippen molar-refractivity contribution in [2.24, 2.45) is 0 Å². The zero-order chi connectivity index (χ0) is 19.0.